The number of benzene rings is 1. The molecule has 0 aliphatic carbocycles. The molecule has 1 aromatic carbocycles. The standard InChI is InChI=1S/C12H15NO5/c14-10(9-4-2-1-3-5-9)6-13-11(15)7-18-8-12(16)17/h1-5,10,14H,6-8H2,(H,13,15)(H,16,17). The van der Waals surface area contributed by atoms with Crippen molar-refractivity contribution in [3.8, 4) is 0 Å². The second-order valence-electron chi connectivity index (χ2n) is 3.62. The SMILES string of the molecule is O=C(O)COCC(=O)NCC(O)c1ccccc1. The molecule has 0 fully saturated rings. The van der Waals surface area contributed by atoms with Gasteiger partial charge in [0.1, 0.15) is 13.2 Å². The predicted octanol–water partition coefficient (Wildman–Crippen LogP) is -0.0626. The average Bonchev–Trinajstić information content (AvgIpc) is 2.36. The van der Waals surface area contributed by atoms with E-state index < -0.39 is 24.6 Å². The summed E-state index contributed by atoms with van der Waals surface area (Å²) in [6, 6.07) is 8.90. The highest BCUT2D eigenvalue weighted by molar-refractivity contribution is 5.77. The van der Waals surface area contributed by atoms with Crippen LogP contribution in [-0.4, -0.2) is 41.8 Å². The van der Waals surface area contributed by atoms with Crippen LogP contribution in [0.2, 0.25) is 0 Å². The molecule has 18 heavy (non-hydrogen) atoms. The monoisotopic (exact) mass is 253 g/mol. The number of carbonyl (C=O) groups excluding carboxylic acids is 1. The molecule has 0 radical (unpaired) electrons. The minimum absolute atomic E-state index is 0.0548. The third-order valence-electron chi connectivity index (χ3n) is 2.14. The number of aliphatic carboxylic acids is 1. The summed E-state index contributed by atoms with van der Waals surface area (Å²) >= 11 is 0. The maximum Gasteiger partial charge on any atom is 0.329 e. The Morgan fingerprint density at radius 2 is 1.89 bits per heavy atom. The zero-order valence-corrected chi connectivity index (χ0v) is 9.70. The van der Waals surface area contributed by atoms with Crippen LogP contribution in [0, 0.1) is 0 Å². The molecule has 1 rings (SSSR count). The molecule has 0 aliphatic rings. The van der Waals surface area contributed by atoms with Gasteiger partial charge in [-0.1, -0.05) is 30.3 Å². The van der Waals surface area contributed by atoms with Crippen LogP contribution in [0.5, 0.6) is 0 Å². The number of carboxylic acid groups (broad SMARTS) is 1. The highest BCUT2D eigenvalue weighted by atomic mass is 16.5. The number of hydrogen-bond donors (Lipinski definition) is 3. The molecule has 1 unspecified atom stereocenters. The molecule has 1 atom stereocenters. The molecule has 0 saturated heterocycles. The van der Waals surface area contributed by atoms with E-state index in [9.17, 15) is 14.7 Å². The van der Waals surface area contributed by atoms with E-state index in [1.54, 1.807) is 24.3 Å². The summed E-state index contributed by atoms with van der Waals surface area (Å²) in [4.78, 5) is 21.4. The van der Waals surface area contributed by atoms with Gasteiger partial charge in [-0.05, 0) is 5.56 Å². The molecule has 6 heteroatoms. The van der Waals surface area contributed by atoms with Crippen molar-refractivity contribution in [1.29, 1.82) is 0 Å². The fourth-order valence-electron chi connectivity index (χ4n) is 1.29. The lowest BCUT2D eigenvalue weighted by atomic mass is 10.1. The Morgan fingerprint density at radius 1 is 1.22 bits per heavy atom. The molecular weight excluding hydrogens is 238 g/mol. The van der Waals surface area contributed by atoms with E-state index in [1.807, 2.05) is 6.07 Å². The Labute approximate surface area is 104 Å². The lowest BCUT2D eigenvalue weighted by Crippen LogP contribution is -2.32. The first-order chi connectivity index (χ1) is 8.59. The van der Waals surface area contributed by atoms with E-state index in [-0.39, 0.29) is 13.2 Å². The number of ether oxygens (including phenoxy) is 1. The van der Waals surface area contributed by atoms with Crippen LogP contribution in [0.3, 0.4) is 0 Å². The third kappa shape index (κ3) is 5.42. The fourth-order valence-corrected chi connectivity index (χ4v) is 1.29. The largest absolute Gasteiger partial charge is 0.480 e. The molecule has 3 N–H and O–H groups in total. The highest BCUT2D eigenvalue weighted by Gasteiger charge is 2.09. The molecule has 0 saturated carbocycles. The van der Waals surface area contributed by atoms with E-state index in [0.29, 0.717) is 5.56 Å². The van der Waals surface area contributed by atoms with Crippen LogP contribution in [0.1, 0.15) is 11.7 Å². The second kappa shape index (κ2) is 7.41. The Bertz CT molecular complexity index is 393. The Balaban J connectivity index is 2.24. The normalized spacial score (nSPS) is 11.8. The first-order valence-corrected chi connectivity index (χ1v) is 5.39. The molecular formula is C12H15NO5. The van der Waals surface area contributed by atoms with Crippen molar-refractivity contribution in [2.45, 2.75) is 6.10 Å². The van der Waals surface area contributed by atoms with Crippen molar-refractivity contribution >= 4 is 11.9 Å². The Morgan fingerprint density at radius 3 is 2.50 bits per heavy atom. The van der Waals surface area contributed by atoms with Gasteiger partial charge in [-0.3, -0.25) is 4.79 Å². The van der Waals surface area contributed by atoms with Crippen LogP contribution in [-0.2, 0) is 14.3 Å². The zero-order chi connectivity index (χ0) is 13.4. The van der Waals surface area contributed by atoms with Gasteiger partial charge in [0.25, 0.3) is 0 Å². The summed E-state index contributed by atoms with van der Waals surface area (Å²) in [5.41, 5.74) is 0.698. The van der Waals surface area contributed by atoms with Gasteiger partial charge in [0.15, 0.2) is 0 Å². The van der Waals surface area contributed by atoms with Crippen LogP contribution < -0.4 is 5.32 Å². The van der Waals surface area contributed by atoms with E-state index in [2.05, 4.69) is 10.1 Å². The van der Waals surface area contributed by atoms with Gasteiger partial charge in [-0.15, -0.1) is 0 Å². The van der Waals surface area contributed by atoms with Crippen molar-refractivity contribution in [2.24, 2.45) is 0 Å². The smallest absolute Gasteiger partial charge is 0.329 e. The van der Waals surface area contributed by atoms with Gasteiger partial charge in [0.2, 0.25) is 5.91 Å². The topological polar surface area (TPSA) is 95.9 Å². The fraction of sp³-hybridized carbons (Fsp3) is 0.333. The minimum Gasteiger partial charge on any atom is -0.480 e. The number of aliphatic hydroxyl groups excluding tert-OH is 1. The molecule has 1 amide bonds. The summed E-state index contributed by atoms with van der Waals surface area (Å²) in [6.07, 6.45) is -0.797. The third-order valence-corrected chi connectivity index (χ3v) is 2.14. The number of nitrogens with one attached hydrogen (secondary N) is 1. The van der Waals surface area contributed by atoms with Crippen LogP contribution in [0.25, 0.3) is 0 Å². The summed E-state index contributed by atoms with van der Waals surface area (Å²) in [7, 11) is 0. The predicted molar refractivity (Wildman–Crippen MR) is 62.9 cm³/mol. The molecule has 0 aromatic heterocycles. The minimum atomic E-state index is -1.13. The van der Waals surface area contributed by atoms with Crippen molar-refractivity contribution in [1.82, 2.24) is 5.32 Å². The number of amides is 1. The number of aliphatic hydroxyl groups is 1. The second-order valence-corrected chi connectivity index (χ2v) is 3.62. The van der Waals surface area contributed by atoms with Crippen LogP contribution in [0.15, 0.2) is 30.3 Å². The van der Waals surface area contributed by atoms with Crippen molar-refractivity contribution in [3.05, 3.63) is 35.9 Å². The average molecular weight is 253 g/mol. The van der Waals surface area contributed by atoms with Crippen molar-refractivity contribution < 1.29 is 24.5 Å². The molecule has 98 valence electrons. The first kappa shape index (κ1) is 14.1. The lowest BCUT2D eigenvalue weighted by molar-refractivity contribution is -0.143. The summed E-state index contributed by atoms with van der Waals surface area (Å²) in [6.45, 7) is -0.804. The Hall–Kier alpha value is -1.92. The van der Waals surface area contributed by atoms with Crippen molar-refractivity contribution in [3.63, 3.8) is 0 Å². The van der Waals surface area contributed by atoms with Crippen molar-refractivity contribution in [2.75, 3.05) is 19.8 Å². The molecule has 0 heterocycles. The van der Waals surface area contributed by atoms with E-state index >= 15 is 0 Å². The van der Waals surface area contributed by atoms with E-state index in [4.69, 9.17) is 5.11 Å². The molecule has 0 spiro atoms. The quantitative estimate of drug-likeness (QED) is 0.632. The van der Waals surface area contributed by atoms with Crippen LogP contribution in [0.4, 0.5) is 0 Å². The van der Waals surface area contributed by atoms with E-state index in [1.165, 1.54) is 0 Å². The molecule has 6 nitrogen and oxygen atoms in total. The maximum atomic E-state index is 11.2. The number of carboxylic acids is 1. The molecule has 0 aliphatic heterocycles. The van der Waals surface area contributed by atoms with Gasteiger partial charge in [0, 0.05) is 6.54 Å². The number of carbonyl (C=O) groups is 2. The molecule has 0 bridgehead atoms. The Kier molecular flexibility index (Phi) is 5.83. The highest BCUT2D eigenvalue weighted by Crippen LogP contribution is 2.10. The molecule has 1 aromatic rings. The van der Waals surface area contributed by atoms with Gasteiger partial charge < -0.3 is 20.3 Å². The maximum absolute atomic E-state index is 11.2. The van der Waals surface area contributed by atoms with Crippen LogP contribution >= 0.6 is 0 Å². The summed E-state index contributed by atoms with van der Waals surface area (Å²) < 4.78 is 4.60. The summed E-state index contributed by atoms with van der Waals surface area (Å²) in [5.74, 6) is -1.60. The van der Waals surface area contributed by atoms with E-state index in [0.717, 1.165) is 0 Å². The zero-order valence-electron chi connectivity index (χ0n) is 9.70. The number of hydrogen-bond acceptors (Lipinski definition) is 4. The summed E-state index contributed by atoms with van der Waals surface area (Å²) in [5, 5.41) is 20.5. The van der Waals surface area contributed by atoms with Gasteiger partial charge >= 0.3 is 5.97 Å². The number of rotatable bonds is 7. The first-order valence-electron chi connectivity index (χ1n) is 5.39. The lowest BCUT2D eigenvalue weighted by Gasteiger charge is -2.12. The van der Waals surface area contributed by atoms with Gasteiger partial charge in [0.05, 0.1) is 6.10 Å². The van der Waals surface area contributed by atoms with Gasteiger partial charge in [-0.25, -0.2) is 4.79 Å². The van der Waals surface area contributed by atoms with Gasteiger partial charge in [-0.2, -0.15) is 0 Å².